The number of tetrazole rings is 1. The second kappa shape index (κ2) is 10.5. The maximum atomic E-state index is 12.6. The fourth-order valence-electron chi connectivity index (χ4n) is 2.80. The van der Waals surface area contributed by atoms with Gasteiger partial charge in [-0.1, -0.05) is 30.8 Å². The lowest BCUT2D eigenvalue weighted by molar-refractivity contribution is -0.113. The summed E-state index contributed by atoms with van der Waals surface area (Å²) in [5.41, 5.74) is 2.39. The van der Waals surface area contributed by atoms with E-state index in [-0.39, 0.29) is 22.6 Å². The summed E-state index contributed by atoms with van der Waals surface area (Å²) in [5.74, 6) is -1.70. The van der Waals surface area contributed by atoms with Gasteiger partial charge in [-0.2, -0.15) is 4.68 Å². The number of rotatable bonds is 8. The second-order valence-corrected chi connectivity index (χ2v) is 7.42. The standard InChI is InChI=1S/C21H21N5O5S/c1-4-13-5-8-15(9-6-13)26-21(23-24-25-26)32-12-18(27)22-17-11-14(19(28)30-2)7-10-16(17)20(29)31-3/h5-11H,4,12H2,1-3H3,(H,22,27). The first-order valence-corrected chi connectivity index (χ1v) is 10.6. The number of carbonyl (C=O) groups excluding carboxylic acids is 3. The molecule has 1 amide bonds. The van der Waals surface area contributed by atoms with Gasteiger partial charge in [0.05, 0.1) is 42.5 Å². The molecule has 1 aromatic heterocycles. The third kappa shape index (κ3) is 5.30. The Morgan fingerprint density at radius 1 is 1.03 bits per heavy atom. The number of thioether (sulfide) groups is 1. The number of anilines is 1. The van der Waals surface area contributed by atoms with Crippen LogP contribution < -0.4 is 5.32 Å². The van der Waals surface area contributed by atoms with E-state index < -0.39 is 17.8 Å². The molecule has 1 heterocycles. The van der Waals surface area contributed by atoms with Crippen molar-refractivity contribution >= 4 is 35.3 Å². The lowest BCUT2D eigenvalue weighted by atomic mass is 10.1. The van der Waals surface area contributed by atoms with Gasteiger partial charge in [0, 0.05) is 0 Å². The summed E-state index contributed by atoms with van der Waals surface area (Å²) in [6, 6.07) is 11.9. The Morgan fingerprint density at radius 3 is 2.41 bits per heavy atom. The highest BCUT2D eigenvalue weighted by atomic mass is 32.2. The van der Waals surface area contributed by atoms with Gasteiger partial charge in [-0.15, -0.1) is 5.10 Å². The summed E-state index contributed by atoms with van der Waals surface area (Å²) in [6.07, 6.45) is 0.919. The summed E-state index contributed by atoms with van der Waals surface area (Å²) in [6.45, 7) is 2.07. The molecular weight excluding hydrogens is 434 g/mol. The average molecular weight is 455 g/mol. The van der Waals surface area contributed by atoms with Crippen molar-refractivity contribution in [1.82, 2.24) is 20.2 Å². The van der Waals surface area contributed by atoms with Crippen LogP contribution in [0.2, 0.25) is 0 Å². The number of aromatic nitrogens is 4. The predicted molar refractivity (Wildman–Crippen MR) is 117 cm³/mol. The van der Waals surface area contributed by atoms with Crippen LogP contribution in [0.5, 0.6) is 0 Å². The molecule has 3 aromatic rings. The van der Waals surface area contributed by atoms with Gasteiger partial charge >= 0.3 is 11.9 Å². The molecule has 0 radical (unpaired) electrons. The maximum absolute atomic E-state index is 12.6. The van der Waals surface area contributed by atoms with Gasteiger partial charge in [0.1, 0.15) is 0 Å². The number of ether oxygens (including phenoxy) is 2. The molecule has 3 rings (SSSR count). The largest absolute Gasteiger partial charge is 0.465 e. The number of aryl methyl sites for hydroxylation is 1. The molecule has 1 N–H and O–H groups in total. The van der Waals surface area contributed by atoms with Gasteiger partial charge in [-0.25, -0.2) is 9.59 Å². The van der Waals surface area contributed by atoms with Gasteiger partial charge in [0.25, 0.3) is 0 Å². The maximum Gasteiger partial charge on any atom is 0.339 e. The number of hydrogen-bond donors (Lipinski definition) is 1. The van der Waals surface area contributed by atoms with E-state index in [1.165, 1.54) is 42.7 Å². The Balaban J connectivity index is 1.73. The van der Waals surface area contributed by atoms with Gasteiger partial charge in [-0.05, 0) is 52.7 Å². The number of nitrogens with one attached hydrogen (secondary N) is 1. The zero-order valence-electron chi connectivity index (χ0n) is 17.7. The monoisotopic (exact) mass is 455 g/mol. The number of methoxy groups -OCH3 is 2. The number of benzene rings is 2. The van der Waals surface area contributed by atoms with Crippen LogP contribution in [0.3, 0.4) is 0 Å². The summed E-state index contributed by atoms with van der Waals surface area (Å²) < 4.78 is 11.0. The summed E-state index contributed by atoms with van der Waals surface area (Å²) in [4.78, 5) is 36.4. The molecule has 0 aliphatic heterocycles. The van der Waals surface area contributed by atoms with Crippen molar-refractivity contribution < 1.29 is 23.9 Å². The predicted octanol–water partition coefficient (Wildman–Crippen LogP) is 2.53. The number of amides is 1. The molecule has 0 unspecified atom stereocenters. The number of esters is 2. The van der Waals surface area contributed by atoms with Crippen LogP contribution in [0.4, 0.5) is 5.69 Å². The summed E-state index contributed by atoms with van der Waals surface area (Å²) in [5, 5.41) is 14.7. The first-order valence-electron chi connectivity index (χ1n) is 9.57. The molecular formula is C21H21N5O5S. The van der Waals surface area contributed by atoms with Crippen LogP contribution in [0.25, 0.3) is 5.69 Å². The third-order valence-corrected chi connectivity index (χ3v) is 5.40. The van der Waals surface area contributed by atoms with Crippen molar-refractivity contribution in [1.29, 1.82) is 0 Å². The molecule has 0 aliphatic rings. The van der Waals surface area contributed by atoms with Crippen molar-refractivity contribution in [3.8, 4) is 5.69 Å². The number of carbonyl (C=O) groups is 3. The Kier molecular flexibility index (Phi) is 7.55. The first kappa shape index (κ1) is 22.9. The van der Waals surface area contributed by atoms with Crippen molar-refractivity contribution in [2.45, 2.75) is 18.5 Å². The van der Waals surface area contributed by atoms with E-state index in [9.17, 15) is 14.4 Å². The van der Waals surface area contributed by atoms with Crippen molar-refractivity contribution in [2.75, 3.05) is 25.3 Å². The summed E-state index contributed by atoms with van der Waals surface area (Å²) >= 11 is 1.13. The van der Waals surface area contributed by atoms with Crippen LogP contribution in [-0.2, 0) is 20.7 Å². The number of nitrogens with zero attached hydrogens (tertiary/aromatic N) is 4. The smallest absolute Gasteiger partial charge is 0.339 e. The fraction of sp³-hybridized carbons (Fsp3) is 0.238. The Morgan fingerprint density at radius 2 is 1.75 bits per heavy atom. The van der Waals surface area contributed by atoms with Crippen molar-refractivity contribution in [2.24, 2.45) is 0 Å². The molecule has 0 saturated carbocycles. The minimum Gasteiger partial charge on any atom is -0.465 e. The number of hydrogen-bond acceptors (Lipinski definition) is 9. The first-order chi connectivity index (χ1) is 15.5. The van der Waals surface area contributed by atoms with E-state index in [2.05, 4.69) is 27.8 Å². The van der Waals surface area contributed by atoms with Gasteiger partial charge in [0.2, 0.25) is 11.1 Å². The van der Waals surface area contributed by atoms with Gasteiger partial charge in [0.15, 0.2) is 0 Å². The van der Waals surface area contributed by atoms with Crippen LogP contribution in [0, 0.1) is 0 Å². The molecule has 11 heteroatoms. The lowest BCUT2D eigenvalue weighted by Gasteiger charge is -2.11. The zero-order valence-corrected chi connectivity index (χ0v) is 18.5. The topological polar surface area (TPSA) is 125 Å². The second-order valence-electron chi connectivity index (χ2n) is 6.47. The highest BCUT2D eigenvalue weighted by Crippen LogP contribution is 2.22. The van der Waals surface area contributed by atoms with Gasteiger partial charge < -0.3 is 14.8 Å². The molecule has 0 bridgehead atoms. The Bertz CT molecular complexity index is 1130. The van der Waals surface area contributed by atoms with E-state index in [0.717, 1.165) is 23.9 Å². The molecule has 32 heavy (non-hydrogen) atoms. The van der Waals surface area contributed by atoms with E-state index >= 15 is 0 Å². The normalized spacial score (nSPS) is 10.5. The zero-order chi connectivity index (χ0) is 23.1. The molecule has 0 aliphatic carbocycles. The van der Waals surface area contributed by atoms with Crippen LogP contribution >= 0.6 is 11.8 Å². The van der Waals surface area contributed by atoms with Crippen LogP contribution in [0.15, 0.2) is 47.6 Å². The fourth-order valence-corrected chi connectivity index (χ4v) is 3.49. The SMILES string of the molecule is CCc1ccc(-n2nnnc2SCC(=O)Nc2cc(C(=O)OC)ccc2C(=O)OC)cc1. The van der Waals surface area contributed by atoms with E-state index in [4.69, 9.17) is 9.47 Å². The van der Waals surface area contributed by atoms with Crippen molar-refractivity contribution in [3.05, 3.63) is 59.2 Å². The van der Waals surface area contributed by atoms with Crippen LogP contribution in [-0.4, -0.2) is 58.0 Å². The molecule has 0 fully saturated rings. The molecule has 0 atom stereocenters. The van der Waals surface area contributed by atoms with E-state index in [0.29, 0.717) is 5.16 Å². The highest BCUT2D eigenvalue weighted by molar-refractivity contribution is 7.99. The van der Waals surface area contributed by atoms with Gasteiger partial charge in [-0.3, -0.25) is 4.79 Å². The molecule has 10 nitrogen and oxygen atoms in total. The average Bonchev–Trinajstić information content (AvgIpc) is 3.30. The highest BCUT2D eigenvalue weighted by Gasteiger charge is 2.18. The Hall–Kier alpha value is -3.73. The quantitative estimate of drug-likeness (QED) is 0.403. The van der Waals surface area contributed by atoms with Crippen LogP contribution in [0.1, 0.15) is 33.2 Å². The Labute approximate surface area is 188 Å². The third-order valence-electron chi connectivity index (χ3n) is 4.48. The summed E-state index contributed by atoms with van der Waals surface area (Å²) in [7, 11) is 2.47. The minimum atomic E-state index is -0.649. The minimum absolute atomic E-state index is 0.0313. The molecule has 0 saturated heterocycles. The molecule has 2 aromatic carbocycles. The molecule has 0 spiro atoms. The molecule has 166 valence electrons. The van der Waals surface area contributed by atoms with E-state index in [1.54, 1.807) is 0 Å². The van der Waals surface area contributed by atoms with Crippen molar-refractivity contribution in [3.63, 3.8) is 0 Å². The van der Waals surface area contributed by atoms with E-state index in [1.807, 2.05) is 24.3 Å². The lowest BCUT2D eigenvalue weighted by Crippen LogP contribution is -2.18.